The molecule has 12 aromatic rings. The number of para-hydroxylation sites is 5. The molecule has 0 radical (unpaired) electrons. The molecule has 0 aliphatic carbocycles. The van der Waals surface area contributed by atoms with Gasteiger partial charge in [0.05, 0.1) is 22.2 Å². The molecule has 3 aromatic heterocycles. The monoisotopic (exact) mass is 1140 g/mol. The number of benzene rings is 9. The number of rotatable bonds is 9. The first kappa shape index (κ1) is 53.0. The van der Waals surface area contributed by atoms with Crippen molar-refractivity contribution in [1.82, 2.24) is 23.3 Å². The second-order valence-corrected chi connectivity index (χ2v) is 24.2. The summed E-state index contributed by atoms with van der Waals surface area (Å²) in [4.78, 5) is 5.09. The molecule has 9 aromatic carbocycles. The fraction of sp³-hybridized carbons (Fsp3) is 0.162. The summed E-state index contributed by atoms with van der Waals surface area (Å²) < 4.78 is 16.1. The first-order chi connectivity index (χ1) is 38.6. The van der Waals surface area contributed by atoms with Gasteiger partial charge in [-0.1, -0.05) is 223 Å². The van der Waals surface area contributed by atoms with Gasteiger partial charge >= 0.3 is 26.4 Å². The van der Waals surface area contributed by atoms with Gasteiger partial charge in [0, 0.05) is 46.4 Å². The van der Waals surface area contributed by atoms with E-state index in [9.17, 15) is 0 Å². The van der Waals surface area contributed by atoms with E-state index >= 15 is 0 Å². The van der Waals surface area contributed by atoms with Gasteiger partial charge in [-0.05, 0) is 96.7 Å². The maximum atomic E-state index is 7.10. The Labute approximate surface area is 489 Å². The van der Waals surface area contributed by atoms with Crippen molar-refractivity contribution in [2.45, 2.75) is 78.6 Å². The Hall–Kier alpha value is -8.69. The maximum absolute atomic E-state index is 7.10. The molecule has 0 N–H and O–H groups in total. The maximum Gasteiger partial charge on any atom is 2.00 e. The van der Waals surface area contributed by atoms with E-state index in [1.165, 1.54) is 22.3 Å². The quantitative estimate of drug-likeness (QED) is 0.0821. The van der Waals surface area contributed by atoms with Crippen molar-refractivity contribution in [3.8, 4) is 56.4 Å². The number of hydrogen-bond acceptors (Lipinski definition) is 2. The van der Waals surface area contributed by atoms with Crippen molar-refractivity contribution in [2.24, 2.45) is 0 Å². The Morgan fingerprint density at radius 1 is 0.444 bits per heavy atom. The molecule has 0 atom stereocenters. The Balaban J connectivity index is 0.00000651. The third kappa shape index (κ3) is 9.66. The van der Waals surface area contributed by atoms with Crippen LogP contribution in [0.2, 0.25) is 0 Å². The zero-order valence-corrected chi connectivity index (χ0v) is 48.8. The summed E-state index contributed by atoms with van der Waals surface area (Å²) >= 11 is 0. The molecule has 0 fully saturated rings. The fourth-order valence-electron chi connectivity index (χ4n) is 11.3. The predicted molar refractivity (Wildman–Crippen MR) is 333 cm³/mol. The summed E-state index contributed by atoms with van der Waals surface area (Å²) in [5, 5.41) is 2.15. The number of hydrogen-bond donors (Lipinski definition) is 0. The molecule has 0 saturated carbocycles. The zero-order chi connectivity index (χ0) is 55.1. The van der Waals surface area contributed by atoms with Crippen molar-refractivity contribution in [3.63, 3.8) is 0 Å². The van der Waals surface area contributed by atoms with Gasteiger partial charge in [0.15, 0.2) is 0 Å². The van der Waals surface area contributed by atoms with Crippen molar-refractivity contribution in [1.29, 1.82) is 0 Å². The van der Waals surface area contributed by atoms with Crippen LogP contribution < -0.4 is 13.9 Å². The van der Waals surface area contributed by atoms with Crippen LogP contribution in [0.5, 0.6) is 11.5 Å². The van der Waals surface area contributed by atoms with Crippen LogP contribution in [0.1, 0.15) is 79.0 Å². The number of fused-ring (bicyclic) bond motifs is 6. The molecule has 0 spiro atoms. The number of aromatic nitrogens is 3. The molecule has 1 aliphatic heterocycles. The Kier molecular flexibility index (Phi) is 13.4. The fourth-order valence-corrected chi connectivity index (χ4v) is 11.3. The van der Waals surface area contributed by atoms with E-state index < -0.39 is 0 Å². The number of ether oxygens (including phenoxy) is 1. The second-order valence-electron chi connectivity index (χ2n) is 24.2. The minimum atomic E-state index is -0.101. The van der Waals surface area contributed by atoms with Gasteiger partial charge in [-0.2, -0.15) is 6.07 Å². The third-order valence-corrected chi connectivity index (χ3v) is 15.6. The Morgan fingerprint density at radius 3 is 1.69 bits per heavy atom. The van der Waals surface area contributed by atoms with Crippen molar-refractivity contribution < 1.29 is 25.2 Å². The first-order valence-corrected chi connectivity index (χ1v) is 27.7. The average molecular weight is 1140 g/mol. The summed E-state index contributed by atoms with van der Waals surface area (Å²) in [6, 6.07) is 87.2. The van der Waals surface area contributed by atoms with E-state index in [4.69, 9.17) is 9.72 Å². The van der Waals surface area contributed by atoms with Gasteiger partial charge < -0.3 is 13.9 Å². The van der Waals surface area contributed by atoms with Crippen molar-refractivity contribution in [3.05, 3.63) is 247 Å². The molecule has 1 aliphatic rings. The Bertz CT molecular complexity index is 4430. The average Bonchev–Trinajstić information content (AvgIpc) is 4.34. The summed E-state index contributed by atoms with van der Waals surface area (Å²) in [5.41, 5.74) is 19.1. The van der Waals surface area contributed by atoms with Crippen LogP contribution in [0.3, 0.4) is 0 Å². The van der Waals surface area contributed by atoms with Crippen LogP contribution in [0.15, 0.2) is 219 Å². The molecule has 4 heterocycles. The van der Waals surface area contributed by atoms with Crippen LogP contribution in [0, 0.1) is 12.1 Å². The molecule has 13 rings (SSSR count). The molecule has 0 saturated heterocycles. The zero-order valence-electron chi connectivity index (χ0n) is 47.2. The van der Waals surface area contributed by atoms with Gasteiger partial charge in [-0.25, -0.2) is 4.98 Å². The topological polar surface area (TPSA) is 38.0 Å². The second kappa shape index (κ2) is 20.4. The molecule has 0 unspecified atom stereocenters. The first-order valence-electron chi connectivity index (χ1n) is 27.7. The summed E-state index contributed by atoms with van der Waals surface area (Å²) in [6.45, 7) is 20.5. The summed E-state index contributed by atoms with van der Waals surface area (Å²) in [7, 11) is 0. The van der Waals surface area contributed by atoms with Crippen LogP contribution in [-0.2, 0) is 36.7 Å². The van der Waals surface area contributed by atoms with E-state index in [1.807, 2.05) is 12.3 Å². The van der Waals surface area contributed by atoms with Crippen LogP contribution in [0.4, 0.5) is 22.7 Å². The SMILES string of the molecule is CC(C)(C)c1cc(-c2cccc(-c3ccccc3)c2[N+]2=C=[N+](c3[c-]c(Oc4[c-]c5c(cc4)c4c(c6ccccc6n4-c4ccccc4)n5-c4cc(C(C)(C)C)ccn4)cc(-c4ccccc4)c3)c3ccccc32)cc(C(C)(C)C)c1.[Pd+2]. The predicted octanol–water partition coefficient (Wildman–Crippen LogP) is 19.3. The van der Waals surface area contributed by atoms with Gasteiger partial charge in [0.1, 0.15) is 11.5 Å². The molecule has 7 heteroatoms. The number of pyridine rings is 1. The van der Waals surface area contributed by atoms with Gasteiger partial charge in [-0.3, -0.25) is 0 Å². The Morgan fingerprint density at radius 2 is 1.02 bits per heavy atom. The minimum Gasteiger partial charge on any atom is -0.509 e. The van der Waals surface area contributed by atoms with E-state index in [0.717, 1.165) is 94.9 Å². The molecule has 6 nitrogen and oxygen atoms in total. The molecule has 398 valence electrons. The smallest absolute Gasteiger partial charge is 0.509 e. The minimum absolute atomic E-state index is 0. The molecular weight excluding hydrogens is 1080 g/mol. The molecular formula is C74H63N5OPd+2. The van der Waals surface area contributed by atoms with Crippen molar-refractivity contribution >= 4 is 61.6 Å². The third-order valence-electron chi connectivity index (χ3n) is 15.6. The molecule has 81 heavy (non-hydrogen) atoms. The van der Waals surface area contributed by atoms with E-state index in [2.05, 4.69) is 305 Å². The number of nitrogens with zero attached hydrogens (tertiary/aromatic N) is 5. The van der Waals surface area contributed by atoms with Gasteiger partial charge in [-0.15, -0.1) is 23.8 Å². The van der Waals surface area contributed by atoms with E-state index in [0.29, 0.717) is 11.5 Å². The van der Waals surface area contributed by atoms with Crippen molar-refractivity contribution in [2.75, 3.05) is 0 Å². The molecule has 0 amide bonds. The van der Waals surface area contributed by atoms with E-state index in [1.54, 1.807) is 0 Å². The van der Waals surface area contributed by atoms with Crippen LogP contribution >= 0.6 is 0 Å². The summed E-state index contributed by atoms with van der Waals surface area (Å²) in [5.74, 6) is 1.92. The largest absolute Gasteiger partial charge is 2.00 e. The van der Waals surface area contributed by atoms with Gasteiger partial charge in [0.25, 0.3) is 11.4 Å². The molecule has 0 bridgehead atoms. The normalized spacial score (nSPS) is 12.6. The standard InChI is InChI=1S/C74H63N5O.Pd/c1-72(2,3)53-38-39-75-68(45-53)79-67-47-58(36-37-63(67)70-71(79)62-30-19-20-33-64(62)78(70)56-28-17-12-18-29-56)80-59-43-51(49-24-13-10-14-25-49)42-57(46-59)76-48-77(66-35-22-21-34-65(66)76)69-60(50-26-15-11-16-27-50)31-23-32-61(69)52-40-54(73(4,5)6)44-55(41-52)74(7,8)9;/h10-45H,1-9H3;/q;+2. The van der Waals surface area contributed by atoms with Crippen LogP contribution in [-0.4, -0.2) is 20.1 Å². The summed E-state index contributed by atoms with van der Waals surface area (Å²) in [6.07, 6.45) is 1.93. The van der Waals surface area contributed by atoms with E-state index in [-0.39, 0.29) is 36.7 Å². The van der Waals surface area contributed by atoms with Gasteiger partial charge in [0.2, 0.25) is 5.69 Å². The van der Waals surface area contributed by atoms with Crippen LogP contribution in [0.25, 0.3) is 77.7 Å².